The van der Waals surface area contributed by atoms with E-state index >= 15 is 0 Å². The third-order valence-electron chi connectivity index (χ3n) is 2.53. The van der Waals surface area contributed by atoms with Crippen LogP contribution >= 0.6 is 22.9 Å². The van der Waals surface area contributed by atoms with Crippen LogP contribution in [0.5, 0.6) is 0 Å². The van der Waals surface area contributed by atoms with Crippen LogP contribution in [-0.4, -0.2) is 34.1 Å². The quantitative estimate of drug-likeness (QED) is 0.761. The van der Waals surface area contributed by atoms with Gasteiger partial charge in [0, 0.05) is 13.1 Å². The van der Waals surface area contributed by atoms with E-state index in [-0.39, 0.29) is 5.91 Å². The first-order chi connectivity index (χ1) is 7.16. The van der Waals surface area contributed by atoms with Gasteiger partial charge < -0.3 is 4.90 Å². The Morgan fingerprint density at radius 3 is 3.00 bits per heavy atom. The number of piperidine rings is 1. The fraction of sp³-hybridized carbons (Fsp3) is 0.667. The van der Waals surface area contributed by atoms with E-state index in [9.17, 15) is 4.79 Å². The molecule has 1 aromatic rings. The average Bonchev–Trinajstić information content (AvgIpc) is 2.64. The molecule has 1 aliphatic rings. The Balaban J connectivity index is 2.07. The molecule has 0 spiro atoms. The zero-order valence-corrected chi connectivity index (χ0v) is 10.0. The lowest BCUT2D eigenvalue weighted by Crippen LogP contribution is -2.39. The summed E-state index contributed by atoms with van der Waals surface area (Å²) in [5.74, 6) is 0.539. The molecule has 1 atom stereocenters. The molecule has 1 aromatic heterocycles. The first-order valence-electron chi connectivity index (χ1n) is 4.95. The lowest BCUT2D eigenvalue weighted by Gasteiger charge is -2.30. The lowest BCUT2D eigenvalue weighted by atomic mass is 10.0. The Labute approximate surface area is 97.3 Å². The average molecular weight is 246 g/mol. The molecule has 1 saturated heterocycles. The van der Waals surface area contributed by atoms with Crippen LogP contribution in [0.4, 0.5) is 0 Å². The Kier molecular flexibility index (Phi) is 3.21. The van der Waals surface area contributed by atoms with E-state index in [1.165, 1.54) is 6.42 Å². The molecule has 0 saturated carbocycles. The van der Waals surface area contributed by atoms with E-state index in [4.69, 9.17) is 11.6 Å². The summed E-state index contributed by atoms with van der Waals surface area (Å²) >= 11 is 6.79. The Morgan fingerprint density at radius 1 is 1.60 bits per heavy atom. The highest BCUT2D eigenvalue weighted by molar-refractivity contribution is 7.17. The van der Waals surface area contributed by atoms with Gasteiger partial charge in [-0.1, -0.05) is 18.3 Å². The number of carbonyl (C=O) groups is 1. The van der Waals surface area contributed by atoms with Crippen molar-refractivity contribution in [2.75, 3.05) is 13.1 Å². The largest absolute Gasteiger partial charge is 0.336 e. The molecule has 15 heavy (non-hydrogen) atoms. The highest BCUT2D eigenvalue weighted by Gasteiger charge is 2.24. The number of hydrogen-bond donors (Lipinski definition) is 0. The van der Waals surface area contributed by atoms with Crippen molar-refractivity contribution in [1.29, 1.82) is 0 Å². The minimum absolute atomic E-state index is 0.0362. The monoisotopic (exact) mass is 245 g/mol. The van der Waals surface area contributed by atoms with E-state index in [1.54, 1.807) is 0 Å². The molecule has 2 heterocycles. The van der Waals surface area contributed by atoms with Gasteiger partial charge in [0.25, 0.3) is 5.91 Å². The summed E-state index contributed by atoms with van der Waals surface area (Å²) in [6.45, 7) is 3.79. The predicted molar refractivity (Wildman–Crippen MR) is 59.2 cm³/mol. The highest BCUT2D eigenvalue weighted by atomic mass is 35.5. The van der Waals surface area contributed by atoms with Gasteiger partial charge in [-0.05, 0) is 30.4 Å². The maximum Gasteiger partial charge on any atom is 0.284 e. The van der Waals surface area contributed by atoms with Crippen LogP contribution in [-0.2, 0) is 0 Å². The second-order valence-electron chi connectivity index (χ2n) is 3.86. The van der Waals surface area contributed by atoms with E-state index in [1.807, 2.05) is 4.90 Å². The lowest BCUT2D eigenvalue weighted by molar-refractivity contribution is 0.0682. The van der Waals surface area contributed by atoms with Crippen molar-refractivity contribution in [3.05, 3.63) is 9.47 Å². The second kappa shape index (κ2) is 4.45. The standard InChI is InChI=1S/C9H12ClN3OS/c1-6-3-2-4-13(5-6)8(14)7-11-12-9(10)15-7/h6H,2-5H2,1H3. The molecule has 4 nitrogen and oxygen atoms in total. The van der Waals surface area contributed by atoms with Gasteiger partial charge in [-0.15, -0.1) is 10.2 Å². The van der Waals surface area contributed by atoms with Gasteiger partial charge >= 0.3 is 0 Å². The van der Waals surface area contributed by atoms with Crippen molar-refractivity contribution in [2.24, 2.45) is 5.92 Å². The van der Waals surface area contributed by atoms with Crippen LogP contribution in [0, 0.1) is 5.92 Å². The summed E-state index contributed by atoms with van der Waals surface area (Å²) in [6, 6.07) is 0. The van der Waals surface area contributed by atoms with Crippen molar-refractivity contribution in [3.63, 3.8) is 0 Å². The molecule has 1 aliphatic heterocycles. The third kappa shape index (κ3) is 2.46. The normalized spacial score (nSPS) is 21.7. The fourth-order valence-electron chi connectivity index (χ4n) is 1.80. The van der Waals surface area contributed by atoms with Gasteiger partial charge in [-0.25, -0.2) is 0 Å². The molecule has 2 rings (SSSR count). The number of nitrogens with zero attached hydrogens (tertiary/aromatic N) is 3. The van der Waals surface area contributed by atoms with Gasteiger partial charge in [-0.2, -0.15) is 0 Å². The summed E-state index contributed by atoms with van der Waals surface area (Å²) in [5.41, 5.74) is 0. The van der Waals surface area contributed by atoms with Crippen molar-refractivity contribution in [3.8, 4) is 0 Å². The molecule has 0 N–H and O–H groups in total. The van der Waals surface area contributed by atoms with Gasteiger partial charge in [0.2, 0.25) is 9.47 Å². The van der Waals surface area contributed by atoms with Crippen LogP contribution in [0.1, 0.15) is 29.6 Å². The first kappa shape index (κ1) is 10.8. The van der Waals surface area contributed by atoms with E-state index < -0.39 is 0 Å². The van der Waals surface area contributed by atoms with E-state index in [0.717, 1.165) is 30.8 Å². The summed E-state index contributed by atoms with van der Waals surface area (Å²) < 4.78 is 0.323. The number of aromatic nitrogens is 2. The topological polar surface area (TPSA) is 46.1 Å². The highest BCUT2D eigenvalue weighted by Crippen LogP contribution is 2.21. The molecule has 0 aromatic carbocycles. The molecule has 1 fully saturated rings. The SMILES string of the molecule is CC1CCCN(C(=O)c2nnc(Cl)s2)C1. The van der Waals surface area contributed by atoms with E-state index in [2.05, 4.69) is 17.1 Å². The second-order valence-corrected chi connectivity index (χ2v) is 5.42. The Morgan fingerprint density at radius 2 is 2.40 bits per heavy atom. The Hall–Kier alpha value is -0.680. The maximum atomic E-state index is 11.9. The van der Waals surface area contributed by atoms with Crippen LogP contribution < -0.4 is 0 Å². The van der Waals surface area contributed by atoms with Gasteiger partial charge in [-0.3, -0.25) is 4.79 Å². The Bertz CT molecular complexity index is 368. The molecular formula is C9H12ClN3OS. The smallest absolute Gasteiger partial charge is 0.284 e. The molecule has 0 radical (unpaired) electrons. The number of likely N-dealkylation sites (tertiary alicyclic amines) is 1. The first-order valence-corrected chi connectivity index (χ1v) is 6.14. The van der Waals surface area contributed by atoms with Crippen molar-refractivity contribution < 1.29 is 4.79 Å². The van der Waals surface area contributed by atoms with Crippen LogP contribution in [0.15, 0.2) is 0 Å². The van der Waals surface area contributed by atoms with Gasteiger partial charge in [0.05, 0.1) is 0 Å². The number of carbonyl (C=O) groups excluding carboxylic acids is 1. The zero-order chi connectivity index (χ0) is 10.8. The summed E-state index contributed by atoms with van der Waals surface area (Å²) in [5, 5.41) is 7.80. The zero-order valence-electron chi connectivity index (χ0n) is 8.44. The predicted octanol–water partition coefficient (Wildman–Crippen LogP) is 2.06. The number of hydrogen-bond acceptors (Lipinski definition) is 4. The third-order valence-corrected chi connectivity index (χ3v) is 3.53. The molecule has 0 aliphatic carbocycles. The maximum absolute atomic E-state index is 11.9. The van der Waals surface area contributed by atoms with Crippen molar-refractivity contribution >= 4 is 28.8 Å². The molecule has 0 bridgehead atoms. The minimum Gasteiger partial charge on any atom is -0.336 e. The molecule has 82 valence electrons. The number of amides is 1. The van der Waals surface area contributed by atoms with Crippen molar-refractivity contribution in [1.82, 2.24) is 15.1 Å². The summed E-state index contributed by atoms with van der Waals surface area (Å²) in [6.07, 6.45) is 2.26. The summed E-state index contributed by atoms with van der Waals surface area (Å²) in [4.78, 5) is 13.8. The molecule has 6 heteroatoms. The van der Waals surface area contributed by atoms with Crippen molar-refractivity contribution in [2.45, 2.75) is 19.8 Å². The fourth-order valence-corrected chi connectivity index (χ4v) is 2.60. The molecular weight excluding hydrogens is 234 g/mol. The van der Waals surface area contributed by atoms with Crippen LogP contribution in [0.3, 0.4) is 0 Å². The molecule has 1 amide bonds. The van der Waals surface area contributed by atoms with Crippen LogP contribution in [0.25, 0.3) is 0 Å². The van der Waals surface area contributed by atoms with Crippen LogP contribution in [0.2, 0.25) is 4.47 Å². The molecule has 1 unspecified atom stereocenters. The minimum atomic E-state index is -0.0362. The summed E-state index contributed by atoms with van der Waals surface area (Å²) in [7, 11) is 0. The van der Waals surface area contributed by atoms with Gasteiger partial charge in [0.15, 0.2) is 0 Å². The number of halogens is 1. The number of rotatable bonds is 1. The van der Waals surface area contributed by atoms with E-state index in [0.29, 0.717) is 15.4 Å². The van der Waals surface area contributed by atoms with Gasteiger partial charge in [0.1, 0.15) is 0 Å².